The van der Waals surface area contributed by atoms with E-state index in [1.54, 1.807) is 43.6 Å². The molecule has 8 rings (SSSR count). The summed E-state index contributed by atoms with van der Waals surface area (Å²) >= 11 is -1.41. The Labute approximate surface area is 570 Å². The average molecular weight is 1540 g/mol. The van der Waals surface area contributed by atoms with Crippen LogP contribution in [0.5, 0.6) is 0 Å². The van der Waals surface area contributed by atoms with Gasteiger partial charge in [-0.1, -0.05) is 52.4 Å². The van der Waals surface area contributed by atoms with Gasteiger partial charge in [-0.3, -0.25) is 29.0 Å². The van der Waals surface area contributed by atoms with Crippen LogP contribution in [0.4, 0.5) is 0 Å². The Morgan fingerprint density at radius 1 is 0.293 bits per heavy atom. The number of amides is 8. The molecule has 0 aliphatic carbocycles. The van der Waals surface area contributed by atoms with Gasteiger partial charge >= 0.3 is 373 Å². The molecule has 0 bridgehead atoms. The third kappa shape index (κ3) is 18.0. The number of benzene rings is 4. The van der Waals surface area contributed by atoms with Crippen LogP contribution >= 0.6 is 15.9 Å². The first-order valence-electron chi connectivity index (χ1n) is 36.8. The number of hydrogen-bond acceptors (Lipinski definition) is 8. The van der Waals surface area contributed by atoms with E-state index in [0.717, 1.165) is 158 Å². The molecule has 92 heavy (non-hydrogen) atoms. The summed E-state index contributed by atoms with van der Waals surface area (Å²) in [6.45, 7) is 23.8. The van der Waals surface area contributed by atoms with Gasteiger partial charge < -0.3 is 0 Å². The molecule has 506 valence electrons. The molecule has 4 aliphatic heterocycles. The van der Waals surface area contributed by atoms with Gasteiger partial charge in [0, 0.05) is 45.0 Å². The van der Waals surface area contributed by atoms with Gasteiger partial charge in [0.15, 0.2) is 0 Å². The molecule has 8 amide bonds. The normalized spacial score (nSPS) is 14.5. The molecule has 15 heteroatoms. The molecular formula is C77H115BrN4O8Sn2. The fourth-order valence-corrected chi connectivity index (χ4v) is 44.4. The molecule has 4 aromatic carbocycles. The number of carbonyl (C=O) groups is 8. The molecular weight excluding hydrogens is 1430 g/mol. The number of hydrogen-bond donors (Lipinski definition) is 0. The van der Waals surface area contributed by atoms with Gasteiger partial charge in [0.2, 0.25) is 0 Å². The van der Waals surface area contributed by atoms with E-state index in [9.17, 15) is 38.4 Å². The summed E-state index contributed by atoms with van der Waals surface area (Å²) < 4.78 is 10.0. The molecule has 0 fully saturated rings. The van der Waals surface area contributed by atoms with Gasteiger partial charge in [0.1, 0.15) is 0 Å². The van der Waals surface area contributed by atoms with Crippen LogP contribution in [-0.4, -0.2) is 130 Å². The Morgan fingerprint density at radius 2 is 0.554 bits per heavy atom. The van der Waals surface area contributed by atoms with E-state index in [4.69, 9.17) is 0 Å². The predicted octanol–water partition coefficient (Wildman–Crippen LogP) is 20.7. The van der Waals surface area contributed by atoms with Crippen LogP contribution in [0, 0.1) is 0 Å². The van der Waals surface area contributed by atoms with Crippen LogP contribution in [0.3, 0.4) is 0 Å². The maximum absolute atomic E-state index is 14.7. The standard InChI is InChI=1S/C26H29BrN2O4.C26H29N2O4.6C4H9.CH3.2Sn/c1-3-5-7-9-13-28-23(30)16-11-12-17-21-20(16)18(25(28)32)15-19(27)22(21)26(33)29(24(17)31)14-10-8-6-4-2;1-3-5-7-9-15-27-23(29)17-11-13-19-22-20(14-12-18(21(17)22)24(27)30)26(32)28(25(19)31)16-10-8-6-4-2;6*1-3-4-2;;;/h11-12,15H,3-10,13-14H2,1-2H3;11-13H,3-10,15-16H2,1-2H3;6*1,3-4H2,2H3;1H3;;. The number of halogens is 1. The van der Waals surface area contributed by atoms with Crippen molar-refractivity contribution in [3.63, 3.8) is 0 Å². The Hall–Kier alpha value is -3.96. The summed E-state index contributed by atoms with van der Waals surface area (Å²) in [5.74, 6) is -2.48. The molecule has 4 aliphatic rings. The van der Waals surface area contributed by atoms with Gasteiger partial charge in [0.05, 0.1) is 5.56 Å². The average Bonchev–Trinajstić information content (AvgIpc) is 0.710. The zero-order valence-electron chi connectivity index (χ0n) is 58.8. The molecule has 0 radical (unpaired) electrons. The number of rotatable bonds is 39. The first-order valence-corrected chi connectivity index (χ1v) is 54.0. The van der Waals surface area contributed by atoms with Crippen molar-refractivity contribution < 1.29 is 38.4 Å². The topological polar surface area (TPSA) is 150 Å². The second kappa shape index (κ2) is 38.1. The maximum atomic E-state index is 14.7. The van der Waals surface area contributed by atoms with Crippen molar-refractivity contribution in [2.45, 2.75) is 281 Å². The molecule has 4 heterocycles. The van der Waals surface area contributed by atoms with Gasteiger partial charge in [-0.15, -0.1) is 0 Å². The summed E-state index contributed by atoms with van der Waals surface area (Å²) in [5, 5.41) is 1.99. The molecule has 0 spiro atoms. The Bertz CT molecular complexity index is 3190. The van der Waals surface area contributed by atoms with Crippen molar-refractivity contribution in [1.29, 1.82) is 0 Å². The van der Waals surface area contributed by atoms with Gasteiger partial charge in [-0.2, -0.15) is 0 Å². The Kier molecular flexibility index (Phi) is 31.9. The zero-order valence-corrected chi connectivity index (χ0v) is 66.1. The van der Waals surface area contributed by atoms with Crippen molar-refractivity contribution in [2.75, 3.05) is 26.2 Å². The summed E-state index contributed by atoms with van der Waals surface area (Å²) in [5.41, 5.74) is 3.63. The van der Waals surface area contributed by atoms with E-state index in [1.807, 2.05) is 0 Å². The fraction of sp³-hybridized carbons (Fsp3) is 0.636. The third-order valence-corrected chi connectivity index (χ3v) is 49.8. The predicted molar refractivity (Wildman–Crippen MR) is 389 cm³/mol. The second-order valence-electron chi connectivity index (χ2n) is 27.5. The summed E-state index contributed by atoms with van der Waals surface area (Å²) in [6, 6.07) is 10.5. The fourth-order valence-electron chi connectivity index (χ4n) is 14.6. The molecule has 0 unspecified atom stereocenters. The van der Waals surface area contributed by atoms with Crippen LogP contribution in [0.15, 0.2) is 40.9 Å². The van der Waals surface area contributed by atoms with Crippen LogP contribution in [0.2, 0.25) is 31.6 Å². The monoisotopic (exact) mass is 1540 g/mol. The van der Waals surface area contributed by atoms with Crippen LogP contribution in [-0.2, 0) is 0 Å². The first-order chi connectivity index (χ1) is 44.4. The number of carbonyl (C=O) groups excluding carboxylic acids is 8. The molecule has 0 aromatic heterocycles. The molecule has 0 atom stereocenters. The Balaban J connectivity index is 0.000000249. The van der Waals surface area contributed by atoms with Crippen LogP contribution in [0.1, 0.15) is 332 Å². The van der Waals surface area contributed by atoms with E-state index in [-0.39, 0.29) is 47.3 Å². The van der Waals surface area contributed by atoms with Crippen LogP contribution < -0.4 is 3.58 Å². The van der Waals surface area contributed by atoms with E-state index in [2.05, 4.69) is 96.2 Å². The first kappa shape index (κ1) is 77.0. The van der Waals surface area contributed by atoms with Gasteiger partial charge in [-0.25, -0.2) is 0 Å². The molecule has 0 saturated carbocycles. The van der Waals surface area contributed by atoms with Gasteiger partial charge in [0.25, 0.3) is 23.6 Å². The summed E-state index contributed by atoms with van der Waals surface area (Å²) in [7, 11) is 0. The number of imide groups is 4. The molecule has 0 N–H and O–H groups in total. The number of nitrogens with zero attached hydrogens (tertiary/aromatic N) is 4. The SMILES string of the molecule is CCCCCCN1C(=O)c2ccc3c4c([c]([Sn]([CH2]CCC)([CH2]CCC)[CH2]CCC)cc(c24)C1=O)C(=O)N(CCCCCC)C3=O.CCCCCCN1C(=O)c2ccc3c4c(c(Br)cc(c24)C1=O)C(=O)N(CCCCCC)C3=O.CCC[CH2][Sn]([CH3])([CH2]CCC)[CH2]CCC. The second-order valence-corrected chi connectivity index (χ2v) is 56.0. The van der Waals surface area contributed by atoms with Crippen molar-refractivity contribution in [1.82, 2.24) is 19.6 Å². The molecule has 12 nitrogen and oxygen atoms in total. The van der Waals surface area contributed by atoms with Crippen LogP contribution in [0.25, 0.3) is 21.5 Å². The minimum atomic E-state index is -3.34. The van der Waals surface area contributed by atoms with Crippen molar-refractivity contribution in [3.8, 4) is 0 Å². The van der Waals surface area contributed by atoms with E-state index in [1.165, 1.54) is 58.1 Å². The van der Waals surface area contributed by atoms with Crippen molar-refractivity contribution in [2.24, 2.45) is 0 Å². The van der Waals surface area contributed by atoms with Crippen molar-refractivity contribution >= 4 is 125 Å². The van der Waals surface area contributed by atoms with Crippen molar-refractivity contribution in [3.05, 3.63) is 85.4 Å². The molecule has 0 saturated heterocycles. The summed E-state index contributed by atoms with van der Waals surface area (Å²) in [6.07, 6.45) is 30.9. The Morgan fingerprint density at radius 3 is 0.880 bits per heavy atom. The quantitative estimate of drug-likeness (QED) is 0.0243. The van der Waals surface area contributed by atoms with E-state index in [0.29, 0.717) is 96.7 Å². The van der Waals surface area contributed by atoms with Gasteiger partial charge in [-0.05, 0) is 47.0 Å². The number of unbranched alkanes of at least 4 members (excludes halogenated alkanes) is 18. The molecule has 4 aromatic rings. The minimum absolute atomic E-state index is 0.199. The zero-order chi connectivity index (χ0) is 67.1. The van der Waals surface area contributed by atoms with E-state index >= 15 is 0 Å². The van der Waals surface area contributed by atoms with E-state index < -0.39 is 36.8 Å². The summed E-state index contributed by atoms with van der Waals surface area (Å²) in [4.78, 5) is 118. The third-order valence-electron chi connectivity index (χ3n) is 20.2.